The van der Waals surface area contributed by atoms with Gasteiger partial charge in [-0.2, -0.15) is 0 Å². The molecule has 0 N–H and O–H groups in total. The van der Waals surface area contributed by atoms with E-state index >= 15 is 0 Å². The molecule has 0 fully saturated rings. The molecule has 0 atom stereocenters. The molecule has 3 heterocycles. The van der Waals surface area contributed by atoms with Crippen LogP contribution < -0.4 is 0 Å². The molecule has 2 aromatic carbocycles. The topological polar surface area (TPSA) is 46.1 Å². The molecular formula is C25H21N3O. The molecule has 4 heteroatoms. The number of aryl methyl sites for hydroxylation is 1. The molecule has 1 amide bonds. The van der Waals surface area contributed by atoms with Gasteiger partial charge in [0.1, 0.15) is 0 Å². The number of amides is 1. The summed E-state index contributed by atoms with van der Waals surface area (Å²) in [5.74, 6) is 0.0628. The number of nitrogens with zero attached hydrogens (tertiary/aromatic N) is 3. The van der Waals surface area contributed by atoms with Gasteiger partial charge in [-0.25, -0.2) is 4.98 Å². The van der Waals surface area contributed by atoms with Crippen molar-refractivity contribution in [1.82, 2.24) is 14.9 Å². The molecule has 4 nitrogen and oxygen atoms in total. The predicted octanol–water partition coefficient (Wildman–Crippen LogP) is 4.80. The number of hydrogen-bond donors (Lipinski definition) is 0. The highest BCUT2D eigenvalue weighted by atomic mass is 16.2. The lowest BCUT2D eigenvalue weighted by molar-refractivity contribution is 0.0736. The first-order valence-electron chi connectivity index (χ1n) is 9.87. The lowest BCUT2D eigenvalue weighted by Gasteiger charge is -2.29. The number of benzene rings is 2. The van der Waals surface area contributed by atoms with Crippen molar-refractivity contribution in [3.63, 3.8) is 0 Å². The highest BCUT2D eigenvalue weighted by Gasteiger charge is 2.24. The van der Waals surface area contributed by atoms with Gasteiger partial charge in [0, 0.05) is 36.4 Å². The molecule has 29 heavy (non-hydrogen) atoms. The first-order chi connectivity index (χ1) is 14.2. The lowest BCUT2D eigenvalue weighted by atomic mass is 9.97. The molecule has 0 radical (unpaired) electrons. The summed E-state index contributed by atoms with van der Waals surface area (Å²) in [5.41, 5.74) is 7.00. The molecule has 2 aromatic heterocycles. The monoisotopic (exact) mass is 379 g/mol. The van der Waals surface area contributed by atoms with Gasteiger partial charge in [0.05, 0.1) is 16.8 Å². The minimum Gasteiger partial charge on any atom is -0.334 e. The number of rotatable bonds is 2. The van der Waals surface area contributed by atoms with Crippen molar-refractivity contribution < 1.29 is 4.79 Å². The zero-order chi connectivity index (χ0) is 19.8. The van der Waals surface area contributed by atoms with E-state index in [2.05, 4.69) is 29.2 Å². The maximum Gasteiger partial charge on any atom is 0.254 e. The minimum atomic E-state index is 0.0628. The number of carbonyl (C=O) groups is 1. The Morgan fingerprint density at radius 2 is 1.76 bits per heavy atom. The van der Waals surface area contributed by atoms with Crippen molar-refractivity contribution in [2.24, 2.45) is 0 Å². The molecule has 1 aliphatic heterocycles. The average Bonchev–Trinajstić information content (AvgIpc) is 2.78. The van der Waals surface area contributed by atoms with Crippen LogP contribution in [0.5, 0.6) is 0 Å². The Labute approximate surface area is 169 Å². The molecular weight excluding hydrogens is 358 g/mol. The van der Waals surface area contributed by atoms with Crippen LogP contribution in [0.15, 0.2) is 73.1 Å². The Balaban J connectivity index is 1.61. The van der Waals surface area contributed by atoms with E-state index in [0.29, 0.717) is 12.1 Å². The number of aromatic nitrogens is 2. The quantitative estimate of drug-likeness (QED) is 0.502. The van der Waals surface area contributed by atoms with Crippen molar-refractivity contribution in [3.8, 4) is 11.3 Å². The summed E-state index contributed by atoms with van der Waals surface area (Å²) in [5, 5.41) is 0.909. The minimum absolute atomic E-state index is 0.0628. The summed E-state index contributed by atoms with van der Waals surface area (Å²) < 4.78 is 0. The third-order valence-corrected chi connectivity index (χ3v) is 5.59. The summed E-state index contributed by atoms with van der Waals surface area (Å²) in [4.78, 5) is 24.5. The molecule has 0 saturated carbocycles. The standard InChI is InChI=1S/C25H21N3O/c1-17-6-7-23-21(14-17)22(15-24(27-23)19-8-11-26-12-9-19)25(29)28-13-10-18-4-2-3-5-20(18)16-28/h2-9,11-12,14-15H,10,13,16H2,1H3. The number of fused-ring (bicyclic) bond motifs is 2. The van der Waals surface area contributed by atoms with Crippen LogP contribution in [0.4, 0.5) is 0 Å². The summed E-state index contributed by atoms with van der Waals surface area (Å²) in [6.45, 7) is 3.42. The van der Waals surface area contributed by atoms with Crippen LogP contribution in [0, 0.1) is 6.92 Å². The molecule has 0 unspecified atom stereocenters. The van der Waals surface area contributed by atoms with Gasteiger partial charge in [-0.1, -0.05) is 35.9 Å². The second-order valence-electron chi connectivity index (χ2n) is 7.56. The van der Waals surface area contributed by atoms with E-state index in [1.54, 1.807) is 12.4 Å². The number of hydrogen-bond acceptors (Lipinski definition) is 3. The van der Waals surface area contributed by atoms with Crippen molar-refractivity contribution in [1.29, 1.82) is 0 Å². The normalized spacial score (nSPS) is 13.3. The van der Waals surface area contributed by atoms with Gasteiger partial charge < -0.3 is 4.90 Å². The Hall–Kier alpha value is -3.53. The first kappa shape index (κ1) is 17.6. The third-order valence-electron chi connectivity index (χ3n) is 5.59. The fraction of sp³-hybridized carbons (Fsp3) is 0.160. The molecule has 0 saturated heterocycles. The highest BCUT2D eigenvalue weighted by Crippen LogP contribution is 2.28. The third kappa shape index (κ3) is 3.27. The van der Waals surface area contributed by atoms with Gasteiger partial charge in [-0.05, 0) is 54.8 Å². The van der Waals surface area contributed by atoms with Gasteiger partial charge in [0.15, 0.2) is 0 Å². The predicted molar refractivity (Wildman–Crippen MR) is 115 cm³/mol. The van der Waals surface area contributed by atoms with Gasteiger partial charge in [-0.15, -0.1) is 0 Å². The van der Waals surface area contributed by atoms with Crippen LogP contribution in [0.3, 0.4) is 0 Å². The zero-order valence-electron chi connectivity index (χ0n) is 16.3. The Morgan fingerprint density at radius 3 is 2.59 bits per heavy atom. The molecule has 5 rings (SSSR count). The van der Waals surface area contributed by atoms with Crippen LogP contribution in [0.25, 0.3) is 22.2 Å². The maximum absolute atomic E-state index is 13.6. The van der Waals surface area contributed by atoms with E-state index in [0.717, 1.165) is 40.7 Å². The Kier molecular flexibility index (Phi) is 4.32. The Morgan fingerprint density at radius 1 is 0.966 bits per heavy atom. The lowest BCUT2D eigenvalue weighted by Crippen LogP contribution is -2.36. The van der Waals surface area contributed by atoms with Crippen molar-refractivity contribution >= 4 is 16.8 Å². The van der Waals surface area contributed by atoms with Crippen molar-refractivity contribution in [3.05, 3.63) is 95.3 Å². The SMILES string of the molecule is Cc1ccc2nc(-c3ccncc3)cc(C(=O)N3CCc4ccccc4C3)c2c1. The van der Waals surface area contributed by atoms with Crippen LogP contribution in [0.2, 0.25) is 0 Å². The van der Waals surface area contributed by atoms with Crippen LogP contribution in [-0.2, 0) is 13.0 Å². The van der Waals surface area contributed by atoms with E-state index in [-0.39, 0.29) is 5.91 Å². The smallest absolute Gasteiger partial charge is 0.254 e. The second kappa shape index (κ2) is 7.13. The molecule has 0 bridgehead atoms. The average molecular weight is 379 g/mol. The van der Waals surface area contributed by atoms with Crippen LogP contribution >= 0.6 is 0 Å². The maximum atomic E-state index is 13.6. The van der Waals surface area contributed by atoms with E-state index in [1.165, 1.54) is 11.1 Å². The van der Waals surface area contributed by atoms with Crippen LogP contribution in [0.1, 0.15) is 27.0 Å². The molecule has 1 aliphatic rings. The first-order valence-corrected chi connectivity index (χ1v) is 9.87. The molecule has 4 aromatic rings. The largest absolute Gasteiger partial charge is 0.334 e. The number of pyridine rings is 2. The van der Waals surface area contributed by atoms with E-state index in [4.69, 9.17) is 4.98 Å². The van der Waals surface area contributed by atoms with Gasteiger partial charge in [0.2, 0.25) is 0 Å². The summed E-state index contributed by atoms with van der Waals surface area (Å²) in [7, 11) is 0. The fourth-order valence-corrected chi connectivity index (χ4v) is 4.03. The molecule has 142 valence electrons. The molecule has 0 spiro atoms. The second-order valence-corrected chi connectivity index (χ2v) is 7.56. The van der Waals surface area contributed by atoms with E-state index in [9.17, 15) is 4.79 Å². The number of carbonyl (C=O) groups excluding carboxylic acids is 1. The van der Waals surface area contributed by atoms with Gasteiger partial charge in [-0.3, -0.25) is 9.78 Å². The highest BCUT2D eigenvalue weighted by molar-refractivity contribution is 6.07. The summed E-state index contributed by atoms with van der Waals surface area (Å²) in [6, 6.07) is 20.3. The summed E-state index contributed by atoms with van der Waals surface area (Å²) >= 11 is 0. The van der Waals surface area contributed by atoms with Gasteiger partial charge >= 0.3 is 0 Å². The summed E-state index contributed by atoms with van der Waals surface area (Å²) in [6.07, 6.45) is 4.39. The van der Waals surface area contributed by atoms with Gasteiger partial charge in [0.25, 0.3) is 5.91 Å². The van der Waals surface area contributed by atoms with Crippen LogP contribution in [-0.4, -0.2) is 27.3 Å². The zero-order valence-corrected chi connectivity index (χ0v) is 16.3. The Bertz CT molecular complexity index is 1220. The van der Waals surface area contributed by atoms with E-state index in [1.807, 2.05) is 48.2 Å². The van der Waals surface area contributed by atoms with Crippen molar-refractivity contribution in [2.45, 2.75) is 19.9 Å². The van der Waals surface area contributed by atoms with Crippen molar-refractivity contribution in [2.75, 3.05) is 6.54 Å². The fourth-order valence-electron chi connectivity index (χ4n) is 4.03. The molecule has 0 aliphatic carbocycles. The van der Waals surface area contributed by atoms with E-state index < -0.39 is 0 Å².